The average Bonchev–Trinajstić information content (AvgIpc) is 2.73. The number of hydrogen-bond acceptors (Lipinski definition) is 2. The van der Waals surface area contributed by atoms with E-state index in [2.05, 4.69) is 15.9 Å². The maximum Gasteiger partial charge on any atom is 0.417 e. The summed E-state index contributed by atoms with van der Waals surface area (Å²) in [6.07, 6.45) is -4.70. The molecule has 1 heterocycles. The molecule has 0 saturated heterocycles. The number of hydrogen-bond donors (Lipinski definition) is 1. The molecule has 0 fully saturated rings. The molecule has 0 saturated carbocycles. The lowest BCUT2D eigenvalue weighted by atomic mass is 10.0. The lowest BCUT2D eigenvalue weighted by molar-refractivity contribution is -0.138. The van der Waals surface area contributed by atoms with Gasteiger partial charge in [0.2, 0.25) is 0 Å². The van der Waals surface area contributed by atoms with Gasteiger partial charge in [-0.25, -0.2) is 4.79 Å². The Bertz CT molecular complexity index is 634. The number of halogens is 4. The molecule has 100 valence electrons. The van der Waals surface area contributed by atoms with Crippen LogP contribution in [0.4, 0.5) is 13.2 Å². The van der Waals surface area contributed by atoms with E-state index in [0.717, 1.165) is 12.1 Å². The monoisotopic (exact) mass is 350 g/mol. The van der Waals surface area contributed by atoms with Crippen LogP contribution < -0.4 is 0 Å². The highest BCUT2D eigenvalue weighted by Crippen LogP contribution is 2.38. The summed E-state index contributed by atoms with van der Waals surface area (Å²) in [5.41, 5.74) is -1.55. The predicted molar refractivity (Wildman–Crippen MR) is 69.4 cm³/mol. The lowest BCUT2D eigenvalue weighted by Crippen LogP contribution is -2.12. The molecule has 0 atom stereocenters. The zero-order valence-electron chi connectivity index (χ0n) is 9.16. The van der Waals surface area contributed by atoms with E-state index in [1.165, 1.54) is 17.4 Å². The van der Waals surface area contributed by atoms with Crippen molar-refractivity contribution in [1.29, 1.82) is 0 Å². The molecular formula is C12H6BrF3O2S. The molecule has 0 aliphatic carbocycles. The number of benzene rings is 1. The highest BCUT2D eigenvalue weighted by atomic mass is 79.9. The number of carbonyl (C=O) groups is 1. The molecule has 0 aliphatic rings. The van der Waals surface area contributed by atoms with Crippen molar-refractivity contribution in [2.75, 3.05) is 0 Å². The summed E-state index contributed by atoms with van der Waals surface area (Å²) < 4.78 is 39.3. The summed E-state index contributed by atoms with van der Waals surface area (Å²) in [5, 5.41) is 10.5. The van der Waals surface area contributed by atoms with Gasteiger partial charge in [0.15, 0.2) is 0 Å². The fraction of sp³-hybridized carbons (Fsp3) is 0.0833. The Morgan fingerprint density at radius 2 is 1.95 bits per heavy atom. The van der Waals surface area contributed by atoms with E-state index in [1.807, 2.05) is 0 Å². The van der Waals surface area contributed by atoms with Gasteiger partial charge in [0.1, 0.15) is 0 Å². The molecule has 7 heteroatoms. The molecule has 1 aromatic heterocycles. The second-order valence-corrected chi connectivity index (χ2v) is 5.43. The molecule has 0 bridgehead atoms. The minimum Gasteiger partial charge on any atom is -0.478 e. The van der Waals surface area contributed by atoms with Crippen LogP contribution >= 0.6 is 27.3 Å². The van der Waals surface area contributed by atoms with Crippen LogP contribution in [0.3, 0.4) is 0 Å². The third-order valence-electron chi connectivity index (χ3n) is 2.43. The Labute approximate surface area is 118 Å². The smallest absolute Gasteiger partial charge is 0.417 e. The summed E-state index contributed by atoms with van der Waals surface area (Å²) in [6.45, 7) is 0. The van der Waals surface area contributed by atoms with Gasteiger partial charge in [-0.3, -0.25) is 0 Å². The van der Waals surface area contributed by atoms with Gasteiger partial charge in [-0.2, -0.15) is 13.2 Å². The number of thiophene rings is 1. The van der Waals surface area contributed by atoms with E-state index in [1.54, 1.807) is 11.4 Å². The van der Waals surface area contributed by atoms with Crippen LogP contribution in [0.2, 0.25) is 0 Å². The Balaban J connectivity index is 2.63. The van der Waals surface area contributed by atoms with Gasteiger partial charge in [-0.1, -0.05) is 6.07 Å². The molecule has 2 aromatic rings. The van der Waals surface area contributed by atoms with E-state index in [-0.39, 0.29) is 0 Å². The van der Waals surface area contributed by atoms with Gasteiger partial charge in [0, 0.05) is 9.35 Å². The first kappa shape index (κ1) is 14.1. The lowest BCUT2D eigenvalue weighted by Gasteiger charge is -2.11. The first-order valence-corrected chi connectivity index (χ1v) is 6.66. The molecule has 2 rings (SSSR count). The number of aromatic carboxylic acids is 1. The summed E-state index contributed by atoms with van der Waals surface area (Å²) in [4.78, 5) is 11.5. The average molecular weight is 351 g/mol. The van der Waals surface area contributed by atoms with Crippen molar-refractivity contribution in [3.63, 3.8) is 0 Å². The maximum absolute atomic E-state index is 12.9. The van der Waals surface area contributed by atoms with Crippen LogP contribution in [0.1, 0.15) is 15.9 Å². The first-order valence-electron chi connectivity index (χ1n) is 4.98. The van der Waals surface area contributed by atoms with E-state index >= 15 is 0 Å². The van der Waals surface area contributed by atoms with Crippen LogP contribution in [0.15, 0.2) is 34.1 Å². The van der Waals surface area contributed by atoms with Crippen LogP contribution in [0.25, 0.3) is 10.4 Å². The van der Waals surface area contributed by atoms with E-state index in [0.29, 0.717) is 14.9 Å². The molecule has 0 unspecified atom stereocenters. The van der Waals surface area contributed by atoms with Crippen molar-refractivity contribution >= 4 is 33.2 Å². The van der Waals surface area contributed by atoms with Crippen LogP contribution in [0, 0.1) is 0 Å². The Morgan fingerprint density at radius 1 is 1.26 bits per heavy atom. The van der Waals surface area contributed by atoms with Gasteiger partial charge in [0.05, 0.1) is 11.1 Å². The quantitative estimate of drug-likeness (QED) is 0.836. The second kappa shape index (κ2) is 4.97. The maximum atomic E-state index is 12.9. The summed E-state index contributed by atoms with van der Waals surface area (Å²) >= 11 is 4.51. The van der Waals surface area contributed by atoms with Crippen molar-refractivity contribution in [2.24, 2.45) is 0 Å². The second-order valence-electron chi connectivity index (χ2n) is 3.66. The number of carboxylic acids is 1. The highest BCUT2D eigenvalue weighted by molar-refractivity contribution is 9.10. The van der Waals surface area contributed by atoms with E-state index < -0.39 is 23.3 Å². The molecule has 0 radical (unpaired) electrons. The fourth-order valence-corrected chi connectivity index (χ4v) is 3.21. The SMILES string of the molecule is O=C(O)c1ccc(-c2sccc2Br)cc1C(F)(F)F. The predicted octanol–water partition coefficient (Wildman–Crippen LogP) is 4.89. The molecule has 0 amide bonds. The summed E-state index contributed by atoms with van der Waals surface area (Å²) in [5.74, 6) is -1.59. The first-order chi connectivity index (χ1) is 8.80. The molecule has 1 aromatic carbocycles. The Morgan fingerprint density at radius 3 is 2.42 bits per heavy atom. The van der Waals surface area contributed by atoms with Crippen molar-refractivity contribution in [1.82, 2.24) is 0 Å². The minimum absolute atomic E-state index is 0.333. The normalized spacial score (nSPS) is 11.6. The van der Waals surface area contributed by atoms with Crippen LogP contribution in [0.5, 0.6) is 0 Å². The van der Waals surface area contributed by atoms with Crippen LogP contribution in [-0.2, 0) is 6.18 Å². The van der Waals surface area contributed by atoms with Crippen molar-refractivity contribution < 1.29 is 23.1 Å². The summed E-state index contributed by atoms with van der Waals surface area (Å²) in [6, 6.07) is 4.93. The van der Waals surface area contributed by atoms with E-state index in [4.69, 9.17) is 5.11 Å². The topological polar surface area (TPSA) is 37.3 Å². The van der Waals surface area contributed by atoms with Crippen molar-refractivity contribution in [3.8, 4) is 10.4 Å². The van der Waals surface area contributed by atoms with Gasteiger partial charge in [-0.15, -0.1) is 11.3 Å². The summed E-state index contributed by atoms with van der Waals surface area (Å²) in [7, 11) is 0. The standard InChI is InChI=1S/C12H6BrF3O2S/c13-9-3-4-19-10(9)6-1-2-7(11(17)18)8(5-6)12(14,15)16/h1-5H,(H,17,18). The van der Waals surface area contributed by atoms with Gasteiger partial charge < -0.3 is 5.11 Å². The molecule has 0 spiro atoms. The van der Waals surface area contributed by atoms with E-state index in [9.17, 15) is 18.0 Å². The molecule has 19 heavy (non-hydrogen) atoms. The molecule has 2 nitrogen and oxygen atoms in total. The third kappa shape index (κ3) is 2.82. The highest BCUT2D eigenvalue weighted by Gasteiger charge is 2.35. The molecular weight excluding hydrogens is 345 g/mol. The van der Waals surface area contributed by atoms with Crippen LogP contribution in [-0.4, -0.2) is 11.1 Å². The third-order valence-corrected chi connectivity index (χ3v) is 4.32. The van der Waals surface area contributed by atoms with Gasteiger partial charge >= 0.3 is 12.1 Å². The Hall–Kier alpha value is -1.34. The number of carboxylic acid groups (broad SMARTS) is 1. The van der Waals surface area contributed by atoms with Gasteiger partial charge in [0.25, 0.3) is 0 Å². The van der Waals surface area contributed by atoms with Crippen molar-refractivity contribution in [2.45, 2.75) is 6.18 Å². The molecule has 0 aliphatic heterocycles. The molecule has 1 N–H and O–H groups in total. The number of rotatable bonds is 2. The van der Waals surface area contributed by atoms with Gasteiger partial charge in [-0.05, 0) is 45.1 Å². The van der Waals surface area contributed by atoms with Crippen molar-refractivity contribution in [3.05, 3.63) is 45.2 Å². The Kier molecular flexibility index (Phi) is 3.69. The minimum atomic E-state index is -4.70. The number of alkyl halides is 3. The largest absolute Gasteiger partial charge is 0.478 e. The zero-order chi connectivity index (χ0) is 14.2. The zero-order valence-corrected chi connectivity index (χ0v) is 11.6. The fourth-order valence-electron chi connectivity index (χ4n) is 1.61.